The molecule has 1 saturated heterocycles. The molecule has 3 aliphatic heterocycles. The van der Waals surface area contributed by atoms with Gasteiger partial charge in [-0.1, -0.05) is 24.3 Å². The molecule has 50 heavy (non-hydrogen) atoms. The number of rotatable bonds is 8. The van der Waals surface area contributed by atoms with Crippen LogP contribution in [-0.4, -0.2) is 85.9 Å². The van der Waals surface area contributed by atoms with Gasteiger partial charge in [0.15, 0.2) is 28.4 Å². The van der Waals surface area contributed by atoms with Crippen LogP contribution in [0.3, 0.4) is 0 Å². The Kier molecular flexibility index (Phi) is 8.68. The fourth-order valence-electron chi connectivity index (χ4n) is 6.92. The predicted molar refractivity (Wildman–Crippen MR) is 202 cm³/mol. The number of anilines is 4. The predicted octanol–water partition coefficient (Wildman–Crippen LogP) is 5.58. The lowest BCUT2D eigenvalue weighted by molar-refractivity contribution is -0.133. The van der Waals surface area contributed by atoms with Gasteiger partial charge in [-0.25, -0.2) is 19.9 Å². The summed E-state index contributed by atoms with van der Waals surface area (Å²) < 4.78 is 0. The van der Waals surface area contributed by atoms with Gasteiger partial charge in [0.2, 0.25) is 0 Å². The van der Waals surface area contributed by atoms with Gasteiger partial charge in [0, 0.05) is 44.8 Å². The SMILES string of the molecule is CCN1C(=O)C(=C(C=C2N(CC)c3nc4ccccc4nc3N2CC)C=C2N(CC)c3nc4ccccc4nc3N2CC)C(=O)N(CC)C1=S. The number of nitrogens with zero attached hydrogens (tertiary/aromatic N) is 10. The van der Waals surface area contributed by atoms with Crippen LogP contribution in [0.1, 0.15) is 41.5 Å². The van der Waals surface area contributed by atoms with Crippen LogP contribution in [-0.2, 0) is 9.59 Å². The molecule has 0 saturated carbocycles. The van der Waals surface area contributed by atoms with Crippen molar-refractivity contribution in [2.75, 3.05) is 58.9 Å². The summed E-state index contributed by atoms with van der Waals surface area (Å²) in [4.78, 5) is 60.1. The number of fused-ring (bicyclic) bond motifs is 4. The van der Waals surface area contributed by atoms with Crippen LogP contribution in [0.4, 0.5) is 23.3 Å². The Balaban J connectivity index is 1.49. The lowest BCUT2D eigenvalue weighted by Crippen LogP contribution is -2.56. The second-order valence-corrected chi connectivity index (χ2v) is 12.3. The van der Waals surface area contributed by atoms with Gasteiger partial charge < -0.3 is 19.6 Å². The maximum Gasteiger partial charge on any atom is 0.266 e. The molecule has 13 heteroatoms. The quantitative estimate of drug-likeness (QED) is 0.132. The Morgan fingerprint density at radius 1 is 0.520 bits per heavy atom. The first kappa shape index (κ1) is 33.1. The van der Waals surface area contributed by atoms with Crippen molar-refractivity contribution in [2.24, 2.45) is 0 Å². The van der Waals surface area contributed by atoms with E-state index in [0.29, 0.717) is 44.8 Å². The number of amides is 2. The number of para-hydroxylation sites is 4. The molecule has 0 aliphatic carbocycles. The molecule has 1 fully saturated rings. The number of hydrogen-bond acceptors (Lipinski definition) is 11. The molecule has 0 bridgehead atoms. The van der Waals surface area contributed by atoms with Gasteiger partial charge in [0.25, 0.3) is 11.8 Å². The van der Waals surface area contributed by atoms with Gasteiger partial charge in [-0.2, -0.15) is 0 Å². The number of hydrogen-bond donors (Lipinski definition) is 0. The van der Waals surface area contributed by atoms with E-state index in [4.69, 9.17) is 32.2 Å². The van der Waals surface area contributed by atoms with Gasteiger partial charge >= 0.3 is 0 Å². The number of thiocarbonyl (C=S) groups is 1. The minimum absolute atomic E-state index is 0.0468. The second kappa shape index (κ2) is 13.1. The minimum atomic E-state index is -0.428. The molecule has 7 rings (SSSR count). The molecular formula is C37H40N10O2S. The molecule has 2 aromatic carbocycles. The Labute approximate surface area is 297 Å². The molecule has 2 aromatic heterocycles. The smallest absolute Gasteiger partial charge is 0.266 e. The van der Waals surface area contributed by atoms with Crippen molar-refractivity contribution in [3.05, 3.63) is 83.5 Å². The van der Waals surface area contributed by atoms with Crippen LogP contribution in [0.2, 0.25) is 0 Å². The Bertz CT molecular complexity index is 1910. The van der Waals surface area contributed by atoms with E-state index in [1.165, 1.54) is 9.80 Å². The third-order valence-corrected chi connectivity index (χ3v) is 9.77. The van der Waals surface area contributed by atoms with E-state index in [0.717, 1.165) is 57.0 Å². The number of carbonyl (C=O) groups excluding carboxylic acids is 2. The van der Waals surface area contributed by atoms with Crippen molar-refractivity contribution in [3.63, 3.8) is 0 Å². The van der Waals surface area contributed by atoms with Crippen molar-refractivity contribution in [3.8, 4) is 0 Å². The monoisotopic (exact) mass is 688 g/mol. The highest BCUT2D eigenvalue weighted by atomic mass is 32.1. The highest BCUT2D eigenvalue weighted by Gasteiger charge is 2.42. The zero-order valence-electron chi connectivity index (χ0n) is 29.2. The van der Waals surface area contributed by atoms with Gasteiger partial charge in [-0.05, 0) is 90.2 Å². The molecule has 4 aromatic rings. The van der Waals surface area contributed by atoms with Crippen LogP contribution in [0.15, 0.2) is 83.5 Å². The van der Waals surface area contributed by atoms with E-state index in [-0.39, 0.29) is 10.7 Å². The molecule has 0 spiro atoms. The number of allylic oxidation sites excluding steroid dienone is 3. The number of aromatic nitrogens is 4. The average Bonchev–Trinajstić information content (AvgIpc) is 3.58. The lowest BCUT2D eigenvalue weighted by Gasteiger charge is -2.36. The van der Waals surface area contributed by atoms with E-state index in [1.807, 2.05) is 74.5 Å². The average molecular weight is 689 g/mol. The topological polar surface area (TPSA) is 105 Å². The summed E-state index contributed by atoms with van der Waals surface area (Å²) >= 11 is 5.65. The largest absolute Gasteiger partial charge is 0.310 e. The normalized spacial score (nSPS) is 16.0. The number of benzene rings is 2. The van der Waals surface area contributed by atoms with E-state index < -0.39 is 11.8 Å². The molecule has 0 atom stereocenters. The standard InChI is InChI=1S/C37H40N10O2S/c1-7-42-28(43(8-2)32-31(42)38-24-17-13-14-18-25(24)39-32)21-23(30-35(48)46(11-5)37(50)47(12-6)36(30)49)22-29-44(9-3)33-34(45(29)10-4)41-27-20-16-15-19-26(27)40-33/h13-22H,7-12H2,1-6H3. The van der Waals surface area contributed by atoms with Gasteiger partial charge in [-0.15, -0.1) is 0 Å². The summed E-state index contributed by atoms with van der Waals surface area (Å²) in [5, 5.41) is 0.214. The summed E-state index contributed by atoms with van der Waals surface area (Å²) in [5.41, 5.74) is 3.66. The van der Waals surface area contributed by atoms with E-state index in [1.54, 1.807) is 0 Å². The molecule has 0 N–H and O–H groups in total. The van der Waals surface area contributed by atoms with E-state index >= 15 is 0 Å². The summed E-state index contributed by atoms with van der Waals surface area (Å²) in [6.07, 6.45) is 3.86. The Morgan fingerprint density at radius 3 is 1.06 bits per heavy atom. The van der Waals surface area contributed by atoms with E-state index in [2.05, 4.69) is 47.3 Å². The fourth-order valence-corrected chi connectivity index (χ4v) is 7.35. The summed E-state index contributed by atoms with van der Waals surface area (Å²) in [6.45, 7) is 14.9. The zero-order chi connectivity index (χ0) is 35.3. The second-order valence-electron chi connectivity index (χ2n) is 11.9. The van der Waals surface area contributed by atoms with Crippen LogP contribution < -0.4 is 19.6 Å². The number of carbonyl (C=O) groups is 2. The molecule has 0 radical (unpaired) electrons. The maximum absolute atomic E-state index is 14.4. The molecule has 5 heterocycles. The summed E-state index contributed by atoms with van der Waals surface area (Å²) in [6, 6.07) is 15.6. The third kappa shape index (κ3) is 5.06. The van der Waals surface area contributed by atoms with Crippen molar-refractivity contribution in [1.82, 2.24) is 29.7 Å². The Hall–Kier alpha value is -5.43. The van der Waals surface area contributed by atoms with Gasteiger partial charge in [0.1, 0.15) is 17.2 Å². The summed E-state index contributed by atoms with van der Waals surface area (Å²) in [7, 11) is 0. The van der Waals surface area contributed by atoms with Crippen molar-refractivity contribution >= 4 is 74.5 Å². The molecule has 12 nitrogen and oxygen atoms in total. The van der Waals surface area contributed by atoms with Gasteiger partial charge in [-0.3, -0.25) is 19.4 Å². The molecule has 2 amide bonds. The van der Waals surface area contributed by atoms with Crippen LogP contribution >= 0.6 is 12.2 Å². The van der Waals surface area contributed by atoms with Crippen molar-refractivity contribution < 1.29 is 9.59 Å². The Morgan fingerprint density at radius 2 is 0.800 bits per heavy atom. The zero-order valence-corrected chi connectivity index (χ0v) is 30.0. The third-order valence-electron chi connectivity index (χ3n) is 9.33. The first-order chi connectivity index (χ1) is 24.3. The molecular weight excluding hydrogens is 649 g/mol. The van der Waals surface area contributed by atoms with Crippen LogP contribution in [0.5, 0.6) is 0 Å². The van der Waals surface area contributed by atoms with Gasteiger partial charge in [0.05, 0.1) is 22.1 Å². The minimum Gasteiger partial charge on any atom is -0.310 e. The van der Waals surface area contributed by atoms with Crippen molar-refractivity contribution in [2.45, 2.75) is 41.5 Å². The number of likely N-dealkylation sites (N-methyl/N-ethyl adjacent to an activating group) is 2. The first-order valence-electron chi connectivity index (χ1n) is 17.3. The molecule has 0 unspecified atom stereocenters. The first-order valence-corrected chi connectivity index (χ1v) is 17.7. The van der Waals surface area contributed by atoms with Crippen molar-refractivity contribution in [1.29, 1.82) is 0 Å². The maximum atomic E-state index is 14.4. The van der Waals surface area contributed by atoms with Crippen LogP contribution in [0, 0.1) is 0 Å². The summed E-state index contributed by atoms with van der Waals surface area (Å²) in [5.74, 6) is 3.58. The van der Waals surface area contributed by atoms with Crippen LogP contribution in [0.25, 0.3) is 22.1 Å². The molecule has 3 aliphatic rings. The van der Waals surface area contributed by atoms with E-state index in [9.17, 15) is 9.59 Å². The lowest BCUT2D eigenvalue weighted by atomic mass is 10.0. The molecule has 256 valence electrons. The fraction of sp³-hybridized carbons (Fsp3) is 0.324. The highest BCUT2D eigenvalue weighted by Crippen LogP contribution is 2.43. The highest BCUT2D eigenvalue weighted by molar-refractivity contribution is 7.80.